The maximum absolute atomic E-state index is 5.88. The van der Waals surface area contributed by atoms with Crippen LogP contribution < -0.4 is 5.32 Å². The zero-order valence-electron chi connectivity index (χ0n) is 7.96. The highest BCUT2D eigenvalue weighted by molar-refractivity contribution is 6.30. The summed E-state index contributed by atoms with van der Waals surface area (Å²) in [5, 5.41) is 3.79. The van der Waals surface area contributed by atoms with Gasteiger partial charge in [-0.3, -0.25) is 0 Å². The van der Waals surface area contributed by atoms with Crippen molar-refractivity contribution in [3.8, 4) is 0 Å². The number of ether oxygens (including phenoxy) is 1. The Bertz CT molecular complexity index is 326. The van der Waals surface area contributed by atoms with Crippen molar-refractivity contribution in [3.63, 3.8) is 0 Å². The van der Waals surface area contributed by atoms with E-state index < -0.39 is 0 Å². The van der Waals surface area contributed by atoms with E-state index in [4.69, 9.17) is 16.3 Å². The number of nitrogens with one attached hydrogen (secondary N) is 1. The molecule has 0 spiro atoms. The molecule has 0 amide bonds. The maximum Gasteiger partial charge on any atom is 0.137 e. The molecule has 1 unspecified atom stereocenters. The number of anilines is 1. The van der Waals surface area contributed by atoms with Crippen molar-refractivity contribution in [2.75, 3.05) is 18.5 Å². The van der Waals surface area contributed by atoms with Crippen LogP contribution in [-0.2, 0) is 4.74 Å². The van der Waals surface area contributed by atoms with Crippen LogP contribution in [0.3, 0.4) is 0 Å². The van der Waals surface area contributed by atoms with Crippen LogP contribution in [0, 0.1) is 6.92 Å². The number of hydrogen-bond acceptors (Lipinski definition) is 4. The van der Waals surface area contributed by atoms with Gasteiger partial charge in [0.05, 0.1) is 12.6 Å². The van der Waals surface area contributed by atoms with E-state index in [1.54, 1.807) is 0 Å². The van der Waals surface area contributed by atoms with Gasteiger partial charge in [0.2, 0.25) is 0 Å². The van der Waals surface area contributed by atoms with E-state index in [1.807, 2.05) is 6.92 Å². The van der Waals surface area contributed by atoms with Gasteiger partial charge in [-0.1, -0.05) is 11.6 Å². The molecule has 0 aromatic carbocycles. The highest BCUT2D eigenvalue weighted by Gasteiger charge is 2.17. The molecule has 1 N–H and O–H groups in total. The first-order chi connectivity index (χ1) is 6.77. The number of aromatic nitrogens is 2. The van der Waals surface area contributed by atoms with Crippen LogP contribution in [0.1, 0.15) is 12.0 Å². The summed E-state index contributed by atoms with van der Waals surface area (Å²) >= 11 is 5.88. The molecule has 14 heavy (non-hydrogen) atoms. The van der Waals surface area contributed by atoms with Gasteiger partial charge in [-0.2, -0.15) is 0 Å². The lowest BCUT2D eigenvalue weighted by molar-refractivity contribution is 0.195. The molecule has 1 aromatic heterocycles. The summed E-state index contributed by atoms with van der Waals surface area (Å²) in [7, 11) is 0. The lowest BCUT2D eigenvalue weighted by Crippen LogP contribution is -2.20. The van der Waals surface area contributed by atoms with Gasteiger partial charge in [0.15, 0.2) is 0 Å². The molecule has 4 nitrogen and oxygen atoms in total. The van der Waals surface area contributed by atoms with E-state index in [9.17, 15) is 0 Å². The second-order valence-electron chi connectivity index (χ2n) is 3.34. The van der Waals surface area contributed by atoms with Crippen LogP contribution in [0.4, 0.5) is 5.82 Å². The monoisotopic (exact) mass is 213 g/mol. The molecule has 1 aliphatic rings. The minimum absolute atomic E-state index is 0.347. The predicted molar refractivity (Wildman–Crippen MR) is 54.6 cm³/mol. The summed E-state index contributed by atoms with van der Waals surface area (Å²) in [4.78, 5) is 8.04. The largest absolute Gasteiger partial charge is 0.379 e. The van der Waals surface area contributed by atoms with Gasteiger partial charge in [-0.25, -0.2) is 9.97 Å². The third kappa shape index (κ3) is 1.96. The first-order valence-electron chi connectivity index (χ1n) is 4.59. The first kappa shape index (κ1) is 9.68. The smallest absolute Gasteiger partial charge is 0.137 e. The maximum atomic E-state index is 5.88. The van der Waals surface area contributed by atoms with Gasteiger partial charge < -0.3 is 10.1 Å². The van der Waals surface area contributed by atoms with Crippen LogP contribution >= 0.6 is 11.6 Å². The van der Waals surface area contributed by atoms with Crippen molar-refractivity contribution in [1.29, 1.82) is 0 Å². The molecule has 0 radical (unpaired) electrons. The zero-order valence-corrected chi connectivity index (χ0v) is 8.71. The highest BCUT2D eigenvalue weighted by atomic mass is 35.5. The Labute approximate surface area is 87.7 Å². The lowest BCUT2D eigenvalue weighted by Gasteiger charge is -2.13. The minimum atomic E-state index is 0.347. The molecule has 0 aliphatic carbocycles. The normalized spacial score (nSPS) is 21.1. The Morgan fingerprint density at radius 2 is 2.43 bits per heavy atom. The first-order valence-corrected chi connectivity index (χ1v) is 4.96. The molecule has 1 aromatic rings. The molecule has 2 heterocycles. The average Bonchev–Trinajstić information content (AvgIpc) is 2.66. The van der Waals surface area contributed by atoms with Crippen LogP contribution in [0.5, 0.6) is 0 Å². The molecule has 2 rings (SSSR count). The molecule has 0 bridgehead atoms. The Kier molecular flexibility index (Phi) is 2.84. The van der Waals surface area contributed by atoms with Crippen molar-refractivity contribution in [3.05, 3.63) is 17.0 Å². The lowest BCUT2D eigenvalue weighted by atomic mass is 10.2. The van der Waals surface area contributed by atoms with Crippen LogP contribution in [0.15, 0.2) is 6.33 Å². The number of rotatable bonds is 2. The number of halogens is 1. The Morgan fingerprint density at radius 3 is 3.14 bits per heavy atom. The third-order valence-corrected chi connectivity index (χ3v) is 2.67. The number of hydrogen-bond donors (Lipinski definition) is 1. The van der Waals surface area contributed by atoms with Crippen molar-refractivity contribution < 1.29 is 4.74 Å². The summed E-state index contributed by atoms with van der Waals surface area (Å²) in [6.07, 6.45) is 2.48. The second-order valence-corrected chi connectivity index (χ2v) is 3.70. The van der Waals surface area contributed by atoms with E-state index in [2.05, 4.69) is 15.3 Å². The molecular formula is C9H12ClN3O. The van der Waals surface area contributed by atoms with Crippen molar-refractivity contribution in [2.24, 2.45) is 0 Å². The summed E-state index contributed by atoms with van der Waals surface area (Å²) in [6.45, 7) is 3.46. The third-order valence-electron chi connectivity index (χ3n) is 2.29. The van der Waals surface area contributed by atoms with Gasteiger partial charge in [-0.05, 0) is 13.3 Å². The van der Waals surface area contributed by atoms with E-state index in [0.29, 0.717) is 11.2 Å². The fourth-order valence-electron chi connectivity index (χ4n) is 1.42. The Balaban J connectivity index is 2.11. The SMILES string of the molecule is Cc1c(Cl)ncnc1NC1CCOC1. The van der Waals surface area contributed by atoms with Crippen molar-refractivity contribution >= 4 is 17.4 Å². The summed E-state index contributed by atoms with van der Waals surface area (Å²) in [5.74, 6) is 0.806. The zero-order chi connectivity index (χ0) is 9.97. The number of nitrogens with zero attached hydrogens (tertiary/aromatic N) is 2. The van der Waals surface area contributed by atoms with Gasteiger partial charge in [0.1, 0.15) is 17.3 Å². The van der Waals surface area contributed by atoms with Gasteiger partial charge in [-0.15, -0.1) is 0 Å². The van der Waals surface area contributed by atoms with Crippen LogP contribution in [0.25, 0.3) is 0 Å². The van der Waals surface area contributed by atoms with Crippen LogP contribution in [-0.4, -0.2) is 29.2 Å². The Hall–Kier alpha value is -0.870. The summed E-state index contributed by atoms with van der Waals surface area (Å²) in [5.41, 5.74) is 0.890. The summed E-state index contributed by atoms with van der Waals surface area (Å²) < 4.78 is 5.26. The van der Waals surface area contributed by atoms with Crippen molar-refractivity contribution in [1.82, 2.24) is 9.97 Å². The van der Waals surface area contributed by atoms with Gasteiger partial charge >= 0.3 is 0 Å². The molecular weight excluding hydrogens is 202 g/mol. The molecule has 1 saturated heterocycles. The standard InChI is InChI=1S/C9H12ClN3O/c1-6-8(10)11-5-12-9(6)13-7-2-3-14-4-7/h5,7H,2-4H2,1H3,(H,11,12,13). The molecule has 5 heteroatoms. The fourth-order valence-corrected chi connectivity index (χ4v) is 1.55. The molecule has 76 valence electrons. The Morgan fingerprint density at radius 1 is 1.57 bits per heavy atom. The average molecular weight is 214 g/mol. The van der Waals surface area contributed by atoms with E-state index in [0.717, 1.165) is 31.0 Å². The second kappa shape index (κ2) is 4.11. The highest BCUT2D eigenvalue weighted by Crippen LogP contribution is 2.20. The topological polar surface area (TPSA) is 47.0 Å². The minimum Gasteiger partial charge on any atom is -0.379 e. The molecule has 1 aliphatic heterocycles. The molecule has 1 atom stereocenters. The fraction of sp³-hybridized carbons (Fsp3) is 0.556. The quantitative estimate of drug-likeness (QED) is 0.759. The van der Waals surface area contributed by atoms with Gasteiger partial charge in [0, 0.05) is 12.2 Å². The van der Waals surface area contributed by atoms with Crippen LogP contribution in [0.2, 0.25) is 5.15 Å². The van der Waals surface area contributed by atoms with E-state index in [-0.39, 0.29) is 0 Å². The predicted octanol–water partition coefficient (Wildman–Crippen LogP) is 1.64. The van der Waals surface area contributed by atoms with Gasteiger partial charge in [0.25, 0.3) is 0 Å². The molecule has 1 fully saturated rings. The van der Waals surface area contributed by atoms with E-state index >= 15 is 0 Å². The van der Waals surface area contributed by atoms with E-state index in [1.165, 1.54) is 6.33 Å². The molecule has 0 saturated carbocycles. The van der Waals surface area contributed by atoms with Crippen molar-refractivity contribution in [2.45, 2.75) is 19.4 Å². The summed E-state index contributed by atoms with van der Waals surface area (Å²) in [6, 6.07) is 0.347.